The molecule has 2 N–H and O–H groups in total. The average molecular weight is 300 g/mol. The number of nitrogens with zero attached hydrogens (tertiary/aromatic N) is 2. The van der Waals surface area contributed by atoms with E-state index in [1.807, 2.05) is 32.0 Å². The van der Waals surface area contributed by atoms with E-state index in [2.05, 4.69) is 15.7 Å². The molecule has 0 aliphatic rings. The zero-order valence-electron chi connectivity index (χ0n) is 13.0. The smallest absolute Gasteiger partial charge is 0.245 e. The first-order valence-electron chi connectivity index (χ1n) is 7.12. The monoisotopic (exact) mass is 300 g/mol. The van der Waals surface area contributed by atoms with E-state index in [0.717, 1.165) is 16.8 Å². The van der Waals surface area contributed by atoms with Crippen molar-refractivity contribution in [2.24, 2.45) is 0 Å². The SMILES string of the molecule is Cc1cccc(C)c1NC(=O)CNC(=O)[C@@H](C)n1cccn1. The lowest BCUT2D eigenvalue weighted by molar-refractivity contribution is -0.126. The van der Waals surface area contributed by atoms with Gasteiger partial charge in [-0.2, -0.15) is 5.10 Å². The Morgan fingerprint density at radius 3 is 2.50 bits per heavy atom. The van der Waals surface area contributed by atoms with E-state index >= 15 is 0 Å². The Bertz CT molecular complexity index is 645. The van der Waals surface area contributed by atoms with Gasteiger partial charge in [-0.15, -0.1) is 0 Å². The Morgan fingerprint density at radius 1 is 1.23 bits per heavy atom. The number of nitrogens with one attached hydrogen (secondary N) is 2. The maximum Gasteiger partial charge on any atom is 0.245 e. The molecule has 2 rings (SSSR count). The van der Waals surface area contributed by atoms with Gasteiger partial charge < -0.3 is 10.6 Å². The summed E-state index contributed by atoms with van der Waals surface area (Å²) < 4.78 is 1.54. The fourth-order valence-electron chi connectivity index (χ4n) is 2.14. The predicted molar refractivity (Wildman–Crippen MR) is 84.5 cm³/mol. The Morgan fingerprint density at radius 2 is 1.91 bits per heavy atom. The summed E-state index contributed by atoms with van der Waals surface area (Å²) in [5.41, 5.74) is 2.77. The third kappa shape index (κ3) is 3.72. The molecule has 0 aliphatic carbocycles. The van der Waals surface area contributed by atoms with Gasteiger partial charge in [0.25, 0.3) is 0 Å². The minimum atomic E-state index is -0.456. The van der Waals surface area contributed by atoms with E-state index in [1.165, 1.54) is 0 Å². The van der Waals surface area contributed by atoms with E-state index in [-0.39, 0.29) is 18.4 Å². The lowest BCUT2D eigenvalue weighted by Gasteiger charge is -2.14. The van der Waals surface area contributed by atoms with Gasteiger partial charge in [-0.3, -0.25) is 14.3 Å². The molecule has 0 radical (unpaired) electrons. The Labute approximate surface area is 129 Å². The van der Waals surface area contributed by atoms with Crippen LogP contribution in [-0.4, -0.2) is 28.1 Å². The van der Waals surface area contributed by atoms with E-state index in [1.54, 1.807) is 30.1 Å². The topological polar surface area (TPSA) is 76.0 Å². The van der Waals surface area contributed by atoms with Gasteiger partial charge in [0.2, 0.25) is 11.8 Å². The zero-order chi connectivity index (χ0) is 16.1. The van der Waals surface area contributed by atoms with Crippen LogP contribution < -0.4 is 10.6 Å². The Hall–Kier alpha value is -2.63. The highest BCUT2D eigenvalue weighted by atomic mass is 16.2. The third-order valence-corrected chi connectivity index (χ3v) is 3.47. The number of benzene rings is 1. The molecular formula is C16H20N4O2. The highest BCUT2D eigenvalue weighted by Crippen LogP contribution is 2.18. The molecule has 0 fully saturated rings. The number of para-hydroxylation sites is 1. The van der Waals surface area contributed by atoms with Crippen molar-refractivity contribution in [1.29, 1.82) is 0 Å². The van der Waals surface area contributed by atoms with Gasteiger partial charge >= 0.3 is 0 Å². The first kappa shape index (κ1) is 15.8. The second-order valence-electron chi connectivity index (χ2n) is 5.19. The minimum Gasteiger partial charge on any atom is -0.345 e. The second kappa shape index (κ2) is 6.89. The van der Waals surface area contributed by atoms with Crippen LogP contribution in [0.1, 0.15) is 24.1 Å². The van der Waals surface area contributed by atoms with Gasteiger partial charge in [0, 0.05) is 18.1 Å². The molecule has 0 aliphatic heterocycles. The molecule has 1 aromatic heterocycles. The number of rotatable bonds is 5. The second-order valence-corrected chi connectivity index (χ2v) is 5.19. The molecular weight excluding hydrogens is 280 g/mol. The minimum absolute atomic E-state index is 0.0712. The van der Waals surface area contributed by atoms with Crippen molar-refractivity contribution in [3.05, 3.63) is 47.8 Å². The van der Waals surface area contributed by atoms with Crippen molar-refractivity contribution in [3.63, 3.8) is 0 Å². The van der Waals surface area contributed by atoms with Crippen LogP contribution in [0.4, 0.5) is 5.69 Å². The Balaban J connectivity index is 1.89. The number of amides is 2. The van der Waals surface area contributed by atoms with Crippen molar-refractivity contribution in [2.45, 2.75) is 26.8 Å². The van der Waals surface area contributed by atoms with E-state index in [9.17, 15) is 9.59 Å². The van der Waals surface area contributed by atoms with Crippen LogP contribution in [0.5, 0.6) is 0 Å². The quantitative estimate of drug-likeness (QED) is 0.884. The molecule has 2 aromatic rings. The largest absolute Gasteiger partial charge is 0.345 e. The average Bonchev–Trinajstić information content (AvgIpc) is 3.02. The summed E-state index contributed by atoms with van der Waals surface area (Å²) in [4.78, 5) is 24.0. The fraction of sp³-hybridized carbons (Fsp3) is 0.312. The summed E-state index contributed by atoms with van der Waals surface area (Å²) in [6, 6.07) is 7.09. The molecule has 2 amide bonds. The number of carbonyl (C=O) groups is 2. The van der Waals surface area contributed by atoms with Gasteiger partial charge in [-0.25, -0.2) is 0 Å². The molecule has 22 heavy (non-hydrogen) atoms. The lowest BCUT2D eigenvalue weighted by atomic mass is 10.1. The summed E-state index contributed by atoms with van der Waals surface area (Å²) in [7, 11) is 0. The standard InChI is InChI=1S/C16H20N4O2/c1-11-6-4-7-12(2)15(11)19-14(21)10-17-16(22)13(3)20-9-5-8-18-20/h4-9,13H,10H2,1-3H3,(H,17,22)(H,19,21)/t13-/m1/s1. The van der Waals surface area contributed by atoms with E-state index < -0.39 is 6.04 Å². The van der Waals surface area contributed by atoms with Gasteiger partial charge in [0.05, 0.1) is 6.54 Å². The molecule has 0 spiro atoms. The summed E-state index contributed by atoms with van der Waals surface area (Å²) in [5.74, 6) is -0.501. The lowest BCUT2D eigenvalue weighted by Crippen LogP contribution is -2.37. The number of aryl methyl sites for hydroxylation is 2. The molecule has 1 aromatic carbocycles. The van der Waals surface area contributed by atoms with Crippen LogP contribution in [0, 0.1) is 13.8 Å². The fourth-order valence-corrected chi connectivity index (χ4v) is 2.14. The maximum absolute atomic E-state index is 12.0. The van der Waals surface area contributed by atoms with Gasteiger partial charge in [0.1, 0.15) is 6.04 Å². The molecule has 0 bridgehead atoms. The van der Waals surface area contributed by atoms with Crippen molar-refractivity contribution in [1.82, 2.24) is 15.1 Å². The normalized spacial score (nSPS) is 11.8. The number of carbonyl (C=O) groups excluding carboxylic acids is 2. The van der Waals surface area contributed by atoms with Crippen LogP contribution in [0.25, 0.3) is 0 Å². The first-order valence-corrected chi connectivity index (χ1v) is 7.12. The molecule has 6 heteroatoms. The number of hydrogen-bond acceptors (Lipinski definition) is 3. The van der Waals surface area contributed by atoms with Gasteiger partial charge in [-0.05, 0) is 38.0 Å². The summed E-state index contributed by atoms with van der Waals surface area (Å²) in [6.45, 7) is 5.52. The molecule has 116 valence electrons. The van der Waals surface area contributed by atoms with Crippen molar-refractivity contribution < 1.29 is 9.59 Å². The highest BCUT2D eigenvalue weighted by Gasteiger charge is 2.16. The zero-order valence-corrected chi connectivity index (χ0v) is 13.0. The predicted octanol–water partition coefficient (Wildman–Crippen LogP) is 1.82. The van der Waals surface area contributed by atoms with Crippen LogP contribution in [0.15, 0.2) is 36.7 Å². The number of aromatic nitrogens is 2. The summed E-state index contributed by atoms with van der Waals surface area (Å²) in [6.07, 6.45) is 3.32. The highest BCUT2D eigenvalue weighted by molar-refractivity contribution is 5.96. The van der Waals surface area contributed by atoms with Crippen LogP contribution in [0.3, 0.4) is 0 Å². The van der Waals surface area contributed by atoms with Crippen molar-refractivity contribution >= 4 is 17.5 Å². The maximum atomic E-state index is 12.0. The summed E-state index contributed by atoms with van der Waals surface area (Å²) in [5, 5.41) is 9.46. The van der Waals surface area contributed by atoms with E-state index in [0.29, 0.717) is 0 Å². The van der Waals surface area contributed by atoms with Crippen LogP contribution >= 0.6 is 0 Å². The van der Waals surface area contributed by atoms with Crippen LogP contribution in [0.2, 0.25) is 0 Å². The van der Waals surface area contributed by atoms with E-state index in [4.69, 9.17) is 0 Å². The number of anilines is 1. The van der Waals surface area contributed by atoms with Gasteiger partial charge in [0.15, 0.2) is 0 Å². The third-order valence-electron chi connectivity index (χ3n) is 3.47. The van der Waals surface area contributed by atoms with Crippen molar-refractivity contribution in [3.8, 4) is 0 Å². The van der Waals surface area contributed by atoms with Crippen LogP contribution in [-0.2, 0) is 9.59 Å². The Kier molecular flexibility index (Phi) is 4.93. The molecule has 0 saturated heterocycles. The molecule has 6 nitrogen and oxygen atoms in total. The molecule has 1 atom stereocenters. The molecule has 1 heterocycles. The summed E-state index contributed by atoms with van der Waals surface area (Å²) >= 11 is 0. The van der Waals surface area contributed by atoms with Gasteiger partial charge in [-0.1, -0.05) is 18.2 Å². The molecule has 0 unspecified atom stereocenters. The first-order chi connectivity index (χ1) is 10.5. The van der Waals surface area contributed by atoms with Crippen molar-refractivity contribution in [2.75, 3.05) is 11.9 Å². The number of hydrogen-bond donors (Lipinski definition) is 2. The molecule has 0 saturated carbocycles.